The monoisotopic (exact) mass is 214 g/mol. The van der Waals surface area contributed by atoms with Crippen LogP contribution in [0.2, 0.25) is 0 Å². The average Bonchev–Trinajstić information content (AvgIpc) is 2.12. The molecule has 2 unspecified atom stereocenters. The summed E-state index contributed by atoms with van der Waals surface area (Å²) in [5.74, 6) is 0.868. The van der Waals surface area contributed by atoms with Crippen molar-refractivity contribution in [2.24, 2.45) is 11.7 Å². The zero-order chi connectivity index (χ0) is 11.3. The van der Waals surface area contributed by atoms with E-state index in [1.165, 1.54) is 25.7 Å². The van der Waals surface area contributed by atoms with Gasteiger partial charge in [-0.2, -0.15) is 0 Å². The van der Waals surface area contributed by atoms with Crippen LogP contribution in [-0.4, -0.2) is 29.8 Å². The molecule has 3 nitrogen and oxygen atoms in total. The van der Waals surface area contributed by atoms with E-state index < -0.39 is 0 Å². The zero-order valence-corrected chi connectivity index (χ0v) is 10.1. The lowest BCUT2D eigenvalue weighted by Gasteiger charge is -2.39. The fourth-order valence-corrected chi connectivity index (χ4v) is 2.40. The molecule has 0 saturated heterocycles. The molecule has 0 bridgehead atoms. The van der Waals surface area contributed by atoms with Crippen LogP contribution in [0, 0.1) is 5.92 Å². The maximum absolute atomic E-state index is 8.87. The summed E-state index contributed by atoms with van der Waals surface area (Å²) in [6.07, 6.45) is 6.11. The standard InChI is InChI=1S/C12H26N2O/c1-10(6-7-15)14-12(2,9-13)8-11-4-3-5-11/h10-11,14-15H,3-9,13H2,1-2H3. The van der Waals surface area contributed by atoms with Crippen LogP contribution in [-0.2, 0) is 0 Å². The molecule has 0 heterocycles. The molecular formula is C12H26N2O. The van der Waals surface area contributed by atoms with Crippen molar-refractivity contribution in [1.82, 2.24) is 5.32 Å². The molecule has 4 N–H and O–H groups in total. The van der Waals surface area contributed by atoms with Crippen molar-refractivity contribution in [1.29, 1.82) is 0 Å². The minimum atomic E-state index is 0.0552. The van der Waals surface area contributed by atoms with Crippen LogP contribution >= 0.6 is 0 Å². The summed E-state index contributed by atoms with van der Waals surface area (Å²) in [4.78, 5) is 0. The first-order valence-corrected chi connectivity index (χ1v) is 6.18. The van der Waals surface area contributed by atoms with Crippen molar-refractivity contribution >= 4 is 0 Å². The Morgan fingerprint density at radius 3 is 2.60 bits per heavy atom. The molecule has 1 aliphatic carbocycles. The fraction of sp³-hybridized carbons (Fsp3) is 1.00. The quantitative estimate of drug-likeness (QED) is 0.598. The van der Waals surface area contributed by atoms with E-state index in [9.17, 15) is 0 Å². The Hall–Kier alpha value is -0.120. The molecule has 0 aliphatic heterocycles. The van der Waals surface area contributed by atoms with Gasteiger partial charge in [0.1, 0.15) is 0 Å². The van der Waals surface area contributed by atoms with Crippen LogP contribution in [0.15, 0.2) is 0 Å². The highest BCUT2D eigenvalue weighted by Crippen LogP contribution is 2.33. The van der Waals surface area contributed by atoms with Gasteiger partial charge in [0, 0.05) is 24.7 Å². The van der Waals surface area contributed by atoms with E-state index in [0.29, 0.717) is 12.6 Å². The minimum Gasteiger partial charge on any atom is -0.396 e. The van der Waals surface area contributed by atoms with E-state index in [-0.39, 0.29) is 12.1 Å². The van der Waals surface area contributed by atoms with Gasteiger partial charge in [0.25, 0.3) is 0 Å². The number of nitrogens with two attached hydrogens (primary N) is 1. The second-order valence-corrected chi connectivity index (χ2v) is 5.32. The maximum Gasteiger partial charge on any atom is 0.0445 e. The molecule has 0 spiro atoms. The van der Waals surface area contributed by atoms with E-state index in [2.05, 4.69) is 19.2 Å². The number of hydrogen-bond donors (Lipinski definition) is 3. The van der Waals surface area contributed by atoms with Crippen molar-refractivity contribution in [3.8, 4) is 0 Å². The molecule has 2 atom stereocenters. The molecule has 1 rings (SSSR count). The number of hydrogen-bond acceptors (Lipinski definition) is 3. The third-order valence-corrected chi connectivity index (χ3v) is 3.57. The third kappa shape index (κ3) is 4.09. The SMILES string of the molecule is CC(CCO)NC(C)(CN)CC1CCC1. The summed E-state index contributed by atoms with van der Waals surface area (Å²) in [5.41, 5.74) is 5.91. The molecule has 0 aromatic carbocycles. The van der Waals surface area contributed by atoms with Crippen molar-refractivity contribution in [3.63, 3.8) is 0 Å². The first kappa shape index (κ1) is 12.9. The van der Waals surface area contributed by atoms with E-state index in [1.807, 2.05) is 0 Å². The van der Waals surface area contributed by atoms with E-state index in [4.69, 9.17) is 10.8 Å². The minimum absolute atomic E-state index is 0.0552. The number of rotatable bonds is 7. The van der Waals surface area contributed by atoms with Gasteiger partial charge >= 0.3 is 0 Å². The van der Waals surface area contributed by atoms with Gasteiger partial charge in [-0.3, -0.25) is 0 Å². The Bertz CT molecular complexity index is 182. The lowest BCUT2D eigenvalue weighted by Crippen LogP contribution is -2.53. The highest BCUT2D eigenvalue weighted by molar-refractivity contribution is 4.90. The lowest BCUT2D eigenvalue weighted by atomic mass is 9.76. The topological polar surface area (TPSA) is 58.3 Å². The zero-order valence-electron chi connectivity index (χ0n) is 10.1. The summed E-state index contributed by atoms with van der Waals surface area (Å²) in [6, 6.07) is 0.351. The van der Waals surface area contributed by atoms with Gasteiger partial charge in [-0.1, -0.05) is 19.3 Å². The van der Waals surface area contributed by atoms with E-state index in [1.54, 1.807) is 0 Å². The van der Waals surface area contributed by atoms with Gasteiger partial charge in [0.15, 0.2) is 0 Å². The molecule has 1 aliphatic rings. The Balaban J connectivity index is 2.35. The Morgan fingerprint density at radius 2 is 2.20 bits per heavy atom. The van der Waals surface area contributed by atoms with Crippen LogP contribution in [0.4, 0.5) is 0 Å². The van der Waals surface area contributed by atoms with Crippen molar-refractivity contribution in [3.05, 3.63) is 0 Å². The molecule has 0 radical (unpaired) electrons. The van der Waals surface area contributed by atoms with Gasteiger partial charge in [0.2, 0.25) is 0 Å². The summed E-state index contributed by atoms with van der Waals surface area (Å²) < 4.78 is 0. The molecule has 3 heteroatoms. The predicted molar refractivity (Wildman–Crippen MR) is 63.7 cm³/mol. The maximum atomic E-state index is 8.87. The lowest BCUT2D eigenvalue weighted by molar-refractivity contribution is 0.184. The van der Waals surface area contributed by atoms with Crippen molar-refractivity contribution in [2.45, 2.75) is 57.5 Å². The normalized spacial score (nSPS) is 23.2. The summed E-state index contributed by atoms with van der Waals surface area (Å²) in [7, 11) is 0. The van der Waals surface area contributed by atoms with Gasteiger partial charge in [-0.15, -0.1) is 0 Å². The number of aliphatic hydroxyl groups is 1. The second kappa shape index (κ2) is 5.83. The molecule has 15 heavy (non-hydrogen) atoms. The summed E-state index contributed by atoms with van der Waals surface area (Å²) >= 11 is 0. The molecule has 1 fully saturated rings. The fourth-order valence-electron chi connectivity index (χ4n) is 2.40. The van der Waals surface area contributed by atoms with E-state index in [0.717, 1.165) is 12.3 Å². The summed E-state index contributed by atoms with van der Waals surface area (Å²) in [6.45, 7) is 5.25. The highest BCUT2D eigenvalue weighted by Gasteiger charge is 2.30. The van der Waals surface area contributed by atoms with Gasteiger partial charge < -0.3 is 16.2 Å². The Kier molecular flexibility index (Phi) is 5.03. The van der Waals surface area contributed by atoms with Crippen LogP contribution in [0.1, 0.15) is 46.0 Å². The average molecular weight is 214 g/mol. The van der Waals surface area contributed by atoms with Gasteiger partial charge in [-0.05, 0) is 32.6 Å². The molecule has 1 saturated carbocycles. The molecule has 0 aromatic rings. The number of nitrogens with one attached hydrogen (secondary N) is 1. The number of aliphatic hydroxyl groups excluding tert-OH is 1. The largest absolute Gasteiger partial charge is 0.396 e. The highest BCUT2D eigenvalue weighted by atomic mass is 16.3. The molecular weight excluding hydrogens is 188 g/mol. The predicted octanol–water partition coefficient (Wildman–Crippen LogP) is 1.25. The van der Waals surface area contributed by atoms with Crippen LogP contribution in [0.5, 0.6) is 0 Å². The van der Waals surface area contributed by atoms with Crippen LogP contribution < -0.4 is 11.1 Å². The Labute approximate surface area is 93.4 Å². The smallest absolute Gasteiger partial charge is 0.0445 e. The molecule has 0 amide bonds. The molecule has 0 aromatic heterocycles. The first-order valence-electron chi connectivity index (χ1n) is 6.18. The van der Waals surface area contributed by atoms with Gasteiger partial charge in [0.05, 0.1) is 0 Å². The third-order valence-electron chi connectivity index (χ3n) is 3.57. The van der Waals surface area contributed by atoms with Crippen LogP contribution in [0.3, 0.4) is 0 Å². The molecule has 90 valence electrons. The first-order chi connectivity index (χ1) is 7.09. The Morgan fingerprint density at radius 1 is 1.53 bits per heavy atom. The van der Waals surface area contributed by atoms with Gasteiger partial charge in [-0.25, -0.2) is 0 Å². The van der Waals surface area contributed by atoms with Crippen molar-refractivity contribution in [2.75, 3.05) is 13.2 Å². The summed E-state index contributed by atoms with van der Waals surface area (Å²) in [5, 5.41) is 12.4. The second-order valence-electron chi connectivity index (χ2n) is 5.32. The van der Waals surface area contributed by atoms with Crippen molar-refractivity contribution < 1.29 is 5.11 Å². The van der Waals surface area contributed by atoms with Crippen LogP contribution in [0.25, 0.3) is 0 Å². The van der Waals surface area contributed by atoms with E-state index >= 15 is 0 Å².